The third kappa shape index (κ3) is 4.96. The SMILES string of the molecule is COc1cc2c(cc1OC)CN(C(=O)c1ccc(-c3ccc(NC(=O)c4cc5cc(Br)ccc5[nH]4)cc3)o1)CC2. The molecule has 0 unspecified atom stereocenters. The number of halogens is 1. The zero-order valence-corrected chi connectivity index (χ0v) is 23.5. The number of fused-ring (bicyclic) bond motifs is 2. The molecule has 0 atom stereocenters. The predicted octanol–water partition coefficient (Wildman–Crippen LogP) is 6.66. The van der Waals surface area contributed by atoms with E-state index >= 15 is 0 Å². The average Bonchev–Trinajstić information content (AvgIpc) is 3.64. The Bertz CT molecular complexity index is 1740. The number of methoxy groups -OCH3 is 2. The fourth-order valence-electron chi connectivity index (χ4n) is 4.96. The minimum absolute atomic E-state index is 0.166. The summed E-state index contributed by atoms with van der Waals surface area (Å²) in [7, 11) is 3.22. The van der Waals surface area contributed by atoms with Gasteiger partial charge in [-0.25, -0.2) is 0 Å². The molecule has 0 saturated carbocycles. The molecule has 6 rings (SSSR count). The number of nitrogens with zero attached hydrogens (tertiary/aromatic N) is 1. The van der Waals surface area contributed by atoms with Crippen molar-refractivity contribution < 1.29 is 23.5 Å². The first-order chi connectivity index (χ1) is 19.4. The van der Waals surface area contributed by atoms with Crippen LogP contribution in [0, 0.1) is 0 Å². The molecule has 0 aliphatic carbocycles. The Morgan fingerprint density at radius 3 is 2.42 bits per heavy atom. The summed E-state index contributed by atoms with van der Waals surface area (Å²) in [5, 5.41) is 3.86. The molecule has 0 radical (unpaired) electrons. The van der Waals surface area contributed by atoms with Crippen LogP contribution in [0.25, 0.3) is 22.2 Å². The van der Waals surface area contributed by atoms with Crippen molar-refractivity contribution in [2.24, 2.45) is 0 Å². The van der Waals surface area contributed by atoms with Crippen molar-refractivity contribution in [1.29, 1.82) is 0 Å². The fourth-order valence-corrected chi connectivity index (χ4v) is 5.34. The number of aromatic amines is 1. The van der Waals surface area contributed by atoms with Gasteiger partial charge in [-0.05, 0) is 90.3 Å². The molecular weight excluding hydrogens is 574 g/mol. The van der Waals surface area contributed by atoms with Gasteiger partial charge >= 0.3 is 0 Å². The van der Waals surface area contributed by atoms with E-state index in [0.717, 1.165) is 38.5 Å². The number of ether oxygens (including phenoxy) is 2. The number of nitrogens with one attached hydrogen (secondary N) is 2. The molecule has 3 aromatic carbocycles. The number of amides is 2. The number of carbonyl (C=O) groups excluding carboxylic acids is 2. The Hall–Kier alpha value is -4.50. The molecule has 3 heterocycles. The lowest BCUT2D eigenvalue weighted by Crippen LogP contribution is -2.35. The Labute approximate surface area is 239 Å². The van der Waals surface area contributed by atoms with Gasteiger partial charge in [-0.15, -0.1) is 0 Å². The Morgan fingerprint density at radius 2 is 1.68 bits per heavy atom. The summed E-state index contributed by atoms with van der Waals surface area (Å²) in [5.41, 5.74) is 4.99. The summed E-state index contributed by atoms with van der Waals surface area (Å²) >= 11 is 3.45. The lowest BCUT2D eigenvalue weighted by molar-refractivity contribution is 0.0703. The molecular formula is C31H26BrN3O5. The standard InChI is InChI=1S/C31H26BrN3O5/c1-38-28-15-19-11-12-35(17-21(19)16-29(28)39-2)31(37)27-10-9-26(40-27)18-3-6-23(7-4-18)33-30(36)25-14-20-13-22(32)5-8-24(20)34-25/h3-10,13-16,34H,11-12,17H2,1-2H3,(H,33,36). The van der Waals surface area contributed by atoms with Gasteiger partial charge in [0.2, 0.25) is 0 Å². The molecule has 1 aliphatic rings. The van der Waals surface area contributed by atoms with Crippen molar-refractivity contribution in [2.45, 2.75) is 13.0 Å². The quantitative estimate of drug-likeness (QED) is 0.227. The first-order valence-electron chi connectivity index (χ1n) is 12.7. The summed E-state index contributed by atoms with van der Waals surface area (Å²) in [6.07, 6.45) is 0.720. The monoisotopic (exact) mass is 599 g/mol. The third-order valence-electron chi connectivity index (χ3n) is 7.08. The van der Waals surface area contributed by atoms with Gasteiger partial charge in [0.15, 0.2) is 17.3 Å². The van der Waals surface area contributed by atoms with Crippen molar-refractivity contribution in [3.05, 3.63) is 99.9 Å². The molecule has 0 spiro atoms. The second-order valence-electron chi connectivity index (χ2n) is 9.56. The highest BCUT2D eigenvalue weighted by molar-refractivity contribution is 9.10. The number of aromatic nitrogens is 1. The van der Waals surface area contributed by atoms with E-state index in [-0.39, 0.29) is 17.6 Å². The van der Waals surface area contributed by atoms with Gasteiger partial charge in [-0.1, -0.05) is 15.9 Å². The molecule has 0 saturated heterocycles. The van der Waals surface area contributed by atoms with Crippen LogP contribution in [0.15, 0.2) is 81.7 Å². The van der Waals surface area contributed by atoms with E-state index in [1.165, 1.54) is 0 Å². The van der Waals surface area contributed by atoms with Crippen molar-refractivity contribution in [3.63, 3.8) is 0 Å². The molecule has 0 bridgehead atoms. The maximum absolute atomic E-state index is 13.2. The zero-order valence-electron chi connectivity index (χ0n) is 21.9. The molecule has 0 fully saturated rings. The minimum atomic E-state index is -0.231. The summed E-state index contributed by atoms with van der Waals surface area (Å²) in [6.45, 7) is 1.05. The van der Waals surface area contributed by atoms with Gasteiger partial charge in [0, 0.05) is 39.7 Å². The van der Waals surface area contributed by atoms with Gasteiger partial charge < -0.3 is 29.1 Å². The summed E-state index contributed by atoms with van der Waals surface area (Å²) in [5.74, 6) is 1.79. The van der Waals surface area contributed by atoms with Gasteiger partial charge in [-0.2, -0.15) is 0 Å². The van der Waals surface area contributed by atoms with E-state index in [1.54, 1.807) is 43.4 Å². The van der Waals surface area contributed by atoms with E-state index in [2.05, 4.69) is 26.2 Å². The van der Waals surface area contributed by atoms with Gasteiger partial charge in [0.25, 0.3) is 11.8 Å². The molecule has 40 heavy (non-hydrogen) atoms. The molecule has 202 valence electrons. The van der Waals surface area contributed by atoms with E-state index in [4.69, 9.17) is 13.9 Å². The van der Waals surface area contributed by atoms with E-state index < -0.39 is 0 Å². The molecule has 2 N–H and O–H groups in total. The highest BCUT2D eigenvalue weighted by Gasteiger charge is 2.26. The lowest BCUT2D eigenvalue weighted by atomic mass is 9.98. The van der Waals surface area contributed by atoms with Crippen LogP contribution in [-0.4, -0.2) is 42.5 Å². The Morgan fingerprint density at radius 1 is 0.925 bits per heavy atom. The highest BCUT2D eigenvalue weighted by Crippen LogP contribution is 2.34. The largest absolute Gasteiger partial charge is 0.493 e. The summed E-state index contributed by atoms with van der Waals surface area (Å²) < 4.78 is 17.7. The number of benzene rings is 3. The summed E-state index contributed by atoms with van der Waals surface area (Å²) in [6, 6.07) is 22.3. The first-order valence-corrected chi connectivity index (χ1v) is 13.5. The van der Waals surface area contributed by atoms with Gasteiger partial charge in [-0.3, -0.25) is 9.59 Å². The average molecular weight is 600 g/mol. The maximum atomic E-state index is 13.2. The van der Waals surface area contributed by atoms with Crippen LogP contribution >= 0.6 is 15.9 Å². The van der Waals surface area contributed by atoms with E-state index in [0.29, 0.717) is 41.7 Å². The molecule has 1 aliphatic heterocycles. The first kappa shape index (κ1) is 25.8. The predicted molar refractivity (Wildman–Crippen MR) is 156 cm³/mol. The number of hydrogen-bond donors (Lipinski definition) is 2. The Kier molecular flexibility index (Phi) is 6.81. The van der Waals surface area contributed by atoms with Crippen LogP contribution in [0.1, 0.15) is 32.2 Å². The van der Waals surface area contributed by atoms with E-state index in [9.17, 15) is 9.59 Å². The van der Waals surface area contributed by atoms with Crippen LogP contribution in [0.4, 0.5) is 5.69 Å². The number of anilines is 1. The number of carbonyl (C=O) groups is 2. The summed E-state index contributed by atoms with van der Waals surface area (Å²) in [4.78, 5) is 30.9. The second-order valence-corrected chi connectivity index (χ2v) is 10.5. The smallest absolute Gasteiger partial charge is 0.289 e. The molecule has 2 aromatic heterocycles. The molecule has 5 aromatic rings. The molecule has 9 heteroatoms. The van der Waals surface area contributed by atoms with Crippen molar-refractivity contribution >= 4 is 44.3 Å². The van der Waals surface area contributed by atoms with Crippen molar-refractivity contribution in [3.8, 4) is 22.8 Å². The molecule has 2 amide bonds. The number of H-pyrrole nitrogens is 1. The van der Waals surface area contributed by atoms with Crippen LogP contribution in [0.2, 0.25) is 0 Å². The van der Waals surface area contributed by atoms with Crippen LogP contribution in [0.3, 0.4) is 0 Å². The fraction of sp³-hybridized carbons (Fsp3) is 0.161. The van der Waals surface area contributed by atoms with Crippen molar-refractivity contribution in [2.75, 3.05) is 26.1 Å². The van der Waals surface area contributed by atoms with Gasteiger partial charge in [0.05, 0.1) is 14.2 Å². The zero-order chi connectivity index (χ0) is 27.8. The third-order valence-corrected chi connectivity index (χ3v) is 7.57. The number of rotatable bonds is 6. The lowest BCUT2D eigenvalue weighted by Gasteiger charge is -2.29. The van der Waals surface area contributed by atoms with Gasteiger partial charge in [0.1, 0.15) is 11.5 Å². The molecule has 8 nitrogen and oxygen atoms in total. The number of hydrogen-bond acceptors (Lipinski definition) is 5. The van der Waals surface area contributed by atoms with Crippen molar-refractivity contribution in [1.82, 2.24) is 9.88 Å². The number of furan rings is 1. The topological polar surface area (TPSA) is 96.8 Å². The second kappa shape index (κ2) is 10.6. The van der Waals surface area contributed by atoms with Crippen LogP contribution in [0.5, 0.6) is 11.5 Å². The highest BCUT2D eigenvalue weighted by atomic mass is 79.9. The normalized spacial score (nSPS) is 12.7. The van der Waals surface area contributed by atoms with Crippen LogP contribution in [-0.2, 0) is 13.0 Å². The Balaban J connectivity index is 1.12. The van der Waals surface area contributed by atoms with E-state index in [1.807, 2.05) is 48.5 Å². The van der Waals surface area contributed by atoms with Crippen LogP contribution < -0.4 is 14.8 Å². The minimum Gasteiger partial charge on any atom is -0.493 e. The maximum Gasteiger partial charge on any atom is 0.289 e.